The van der Waals surface area contributed by atoms with Gasteiger partial charge in [-0.15, -0.1) is 0 Å². The molecule has 116 valence electrons. The summed E-state index contributed by atoms with van der Waals surface area (Å²) < 4.78 is 0. The molecule has 0 aliphatic heterocycles. The van der Waals surface area contributed by atoms with E-state index in [1.165, 1.54) is 0 Å². The van der Waals surface area contributed by atoms with Gasteiger partial charge in [0.25, 0.3) is 5.91 Å². The first-order chi connectivity index (χ1) is 10.5. The summed E-state index contributed by atoms with van der Waals surface area (Å²) in [5.74, 6) is -0.191. The van der Waals surface area contributed by atoms with Gasteiger partial charge in [-0.1, -0.05) is 19.1 Å². The summed E-state index contributed by atoms with van der Waals surface area (Å²) in [7, 11) is 0. The molecule has 22 heavy (non-hydrogen) atoms. The molecule has 0 aliphatic rings. The quantitative estimate of drug-likeness (QED) is 0.871. The summed E-state index contributed by atoms with van der Waals surface area (Å²) in [5.41, 5.74) is 4.32. The fourth-order valence-corrected chi connectivity index (χ4v) is 2.06. The van der Waals surface area contributed by atoms with Crippen molar-refractivity contribution in [2.24, 2.45) is 0 Å². The molecular formula is C18H23N3O. The van der Waals surface area contributed by atoms with Crippen LogP contribution in [0.2, 0.25) is 0 Å². The number of hydrogen-bond acceptors (Lipinski definition) is 3. The SMILES string of the molecule is CCC(C)Nc1ccc(C(=O)Nc2cc(C)ccc2C)nc1. The number of rotatable bonds is 5. The van der Waals surface area contributed by atoms with Crippen LogP contribution in [0.1, 0.15) is 41.9 Å². The van der Waals surface area contributed by atoms with Crippen molar-refractivity contribution in [2.45, 2.75) is 40.2 Å². The van der Waals surface area contributed by atoms with Crippen LogP contribution < -0.4 is 10.6 Å². The topological polar surface area (TPSA) is 54.0 Å². The Morgan fingerprint density at radius 1 is 1.23 bits per heavy atom. The van der Waals surface area contributed by atoms with Gasteiger partial charge in [0.05, 0.1) is 11.9 Å². The molecule has 2 rings (SSSR count). The fraction of sp³-hybridized carbons (Fsp3) is 0.333. The number of hydrogen-bond donors (Lipinski definition) is 2. The highest BCUT2D eigenvalue weighted by Crippen LogP contribution is 2.17. The van der Waals surface area contributed by atoms with Crippen LogP contribution in [0.5, 0.6) is 0 Å². The third kappa shape index (κ3) is 4.07. The van der Waals surface area contributed by atoms with E-state index in [4.69, 9.17) is 0 Å². The number of aryl methyl sites for hydroxylation is 2. The van der Waals surface area contributed by atoms with E-state index >= 15 is 0 Å². The maximum Gasteiger partial charge on any atom is 0.274 e. The maximum absolute atomic E-state index is 12.3. The number of amides is 1. The molecule has 2 N–H and O–H groups in total. The van der Waals surface area contributed by atoms with Gasteiger partial charge < -0.3 is 10.6 Å². The summed E-state index contributed by atoms with van der Waals surface area (Å²) in [4.78, 5) is 16.5. The number of pyridine rings is 1. The summed E-state index contributed by atoms with van der Waals surface area (Å²) >= 11 is 0. The number of carbonyl (C=O) groups is 1. The minimum Gasteiger partial charge on any atom is -0.381 e. The Bertz CT molecular complexity index is 650. The van der Waals surface area contributed by atoms with Crippen LogP contribution in [0.3, 0.4) is 0 Å². The van der Waals surface area contributed by atoms with Gasteiger partial charge in [-0.3, -0.25) is 4.79 Å². The van der Waals surface area contributed by atoms with E-state index in [1.54, 1.807) is 12.3 Å². The van der Waals surface area contributed by atoms with E-state index in [1.807, 2.05) is 38.1 Å². The molecule has 0 saturated carbocycles. The van der Waals surface area contributed by atoms with Crippen LogP contribution >= 0.6 is 0 Å². The van der Waals surface area contributed by atoms with Crippen LogP contribution in [-0.2, 0) is 0 Å². The van der Waals surface area contributed by atoms with Crippen molar-refractivity contribution in [1.29, 1.82) is 0 Å². The number of benzene rings is 1. The number of nitrogens with one attached hydrogen (secondary N) is 2. The standard InChI is InChI=1S/C18H23N3O/c1-5-14(4)20-15-8-9-16(19-11-15)18(22)21-17-10-12(2)6-7-13(17)3/h6-11,14,20H,5H2,1-4H3,(H,21,22). The third-order valence-electron chi connectivity index (χ3n) is 3.66. The molecule has 1 amide bonds. The lowest BCUT2D eigenvalue weighted by molar-refractivity contribution is 0.102. The van der Waals surface area contributed by atoms with E-state index in [2.05, 4.69) is 29.5 Å². The van der Waals surface area contributed by atoms with Gasteiger partial charge in [0.15, 0.2) is 0 Å². The molecule has 0 spiro atoms. The van der Waals surface area contributed by atoms with Gasteiger partial charge in [0, 0.05) is 11.7 Å². The third-order valence-corrected chi connectivity index (χ3v) is 3.66. The second-order valence-corrected chi connectivity index (χ2v) is 5.66. The molecule has 1 heterocycles. The summed E-state index contributed by atoms with van der Waals surface area (Å²) in [6, 6.07) is 10.0. The lowest BCUT2D eigenvalue weighted by Gasteiger charge is -2.13. The average Bonchev–Trinajstić information content (AvgIpc) is 2.51. The van der Waals surface area contributed by atoms with Crippen LogP contribution in [-0.4, -0.2) is 16.9 Å². The van der Waals surface area contributed by atoms with Crippen LogP contribution in [0, 0.1) is 13.8 Å². The monoisotopic (exact) mass is 297 g/mol. The van der Waals surface area contributed by atoms with Gasteiger partial charge in [0.2, 0.25) is 0 Å². The molecule has 1 aromatic heterocycles. The Morgan fingerprint density at radius 2 is 2.00 bits per heavy atom. The summed E-state index contributed by atoms with van der Waals surface area (Å²) in [5, 5.41) is 6.25. The number of anilines is 2. The van der Waals surface area contributed by atoms with E-state index in [9.17, 15) is 4.79 Å². The van der Waals surface area contributed by atoms with Crippen molar-refractivity contribution < 1.29 is 4.79 Å². The molecule has 0 saturated heterocycles. The molecule has 4 nitrogen and oxygen atoms in total. The zero-order chi connectivity index (χ0) is 16.1. The van der Waals surface area contributed by atoms with Crippen molar-refractivity contribution in [1.82, 2.24) is 4.98 Å². The van der Waals surface area contributed by atoms with Gasteiger partial charge in [-0.25, -0.2) is 4.98 Å². The molecule has 1 unspecified atom stereocenters. The maximum atomic E-state index is 12.3. The predicted octanol–water partition coefficient (Wildman–Crippen LogP) is 4.16. The van der Waals surface area contributed by atoms with Gasteiger partial charge in [-0.2, -0.15) is 0 Å². The van der Waals surface area contributed by atoms with Gasteiger partial charge in [0.1, 0.15) is 5.69 Å². The molecule has 0 aliphatic carbocycles. The van der Waals surface area contributed by atoms with E-state index in [0.29, 0.717) is 11.7 Å². The Balaban J connectivity index is 2.08. The zero-order valence-corrected chi connectivity index (χ0v) is 13.6. The molecule has 4 heteroatoms. The lowest BCUT2D eigenvalue weighted by Crippen LogP contribution is -2.16. The number of aromatic nitrogens is 1. The molecule has 1 atom stereocenters. The van der Waals surface area contributed by atoms with Crippen molar-refractivity contribution >= 4 is 17.3 Å². The van der Waals surface area contributed by atoms with Gasteiger partial charge >= 0.3 is 0 Å². The molecule has 0 bridgehead atoms. The second kappa shape index (κ2) is 7.07. The van der Waals surface area contributed by atoms with Gasteiger partial charge in [-0.05, 0) is 56.5 Å². The molecule has 0 radical (unpaired) electrons. The van der Waals surface area contributed by atoms with E-state index < -0.39 is 0 Å². The molecule has 2 aromatic rings. The smallest absolute Gasteiger partial charge is 0.274 e. The second-order valence-electron chi connectivity index (χ2n) is 5.66. The van der Waals surface area contributed by atoms with Crippen molar-refractivity contribution in [3.63, 3.8) is 0 Å². The highest BCUT2D eigenvalue weighted by atomic mass is 16.1. The highest BCUT2D eigenvalue weighted by molar-refractivity contribution is 6.03. The Morgan fingerprint density at radius 3 is 2.64 bits per heavy atom. The van der Waals surface area contributed by atoms with E-state index in [0.717, 1.165) is 28.9 Å². The van der Waals surface area contributed by atoms with Crippen LogP contribution in [0.4, 0.5) is 11.4 Å². The first-order valence-corrected chi connectivity index (χ1v) is 7.60. The Labute approximate surface area is 132 Å². The van der Waals surface area contributed by atoms with Crippen molar-refractivity contribution in [3.8, 4) is 0 Å². The van der Waals surface area contributed by atoms with E-state index in [-0.39, 0.29) is 5.91 Å². The largest absolute Gasteiger partial charge is 0.381 e. The number of carbonyl (C=O) groups excluding carboxylic acids is 1. The first kappa shape index (κ1) is 16.0. The average molecular weight is 297 g/mol. The Hall–Kier alpha value is -2.36. The fourth-order valence-electron chi connectivity index (χ4n) is 2.06. The normalized spacial score (nSPS) is 11.8. The predicted molar refractivity (Wildman–Crippen MR) is 91.5 cm³/mol. The van der Waals surface area contributed by atoms with Crippen LogP contribution in [0.25, 0.3) is 0 Å². The molecular weight excluding hydrogens is 274 g/mol. The molecule has 0 fully saturated rings. The number of nitrogens with zero attached hydrogens (tertiary/aromatic N) is 1. The first-order valence-electron chi connectivity index (χ1n) is 7.60. The minimum atomic E-state index is -0.191. The minimum absolute atomic E-state index is 0.191. The highest BCUT2D eigenvalue weighted by Gasteiger charge is 2.09. The van der Waals surface area contributed by atoms with Crippen molar-refractivity contribution in [2.75, 3.05) is 10.6 Å². The van der Waals surface area contributed by atoms with Crippen molar-refractivity contribution in [3.05, 3.63) is 53.3 Å². The summed E-state index contributed by atoms with van der Waals surface area (Å²) in [6.07, 6.45) is 2.74. The molecule has 1 aromatic carbocycles. The summed E-state index contributed by atoms with van der Waals surface area (Å²) in [6.45, 7) is 8.21. The lowest BCUT2D eigenvalue weighted by atomic mass is 10.1. The zero-order valence-electron chi connectivity index (χ0n) is 13.6. The van der Waals surface area contributed by atoms with Crippen LogP contribution in [0.15, 0.2) is 36.5 Å². The Kier molecular flexibility index (Phi) is 5.15.